The largest absolute Gasteiger partial charge is 0.114 e. The Labute approximate surface area is 74.2 Å². The van der Waals surface area contributed by atoms with Crippen molar-refractivity contribution in [1.82, 2.24) is 0 Å². The van der Waals surface area contributed by atoms with Gasteiger partial charge >= 0.3 is 0 Å². The normalized spacial score (nSPS) is 8.22. The van der Waals surface area contributed by atoms with Gasteiger partial charge in [-0.1, -0.05) is 33.6 Å². The van der Waals surface area contributed by atoms with Gasteiger partial charge in [0.05, 0.1) is 0 Å². The van der Waals surface area contributed by atoms with E-state index in [2.05, 4.69) is 35.0 Å². The lowest BCUT2D eigenvalue weighted by molar-refractivity contribution is 1.46. The quantitative estimate of drug-likeness (QED) is 0.664. The molecule has 1 aromatic carbocycles. The minimum Gasteiger partial charge on any atom is -0.114 e. The Morgan fingerprint density at radius 2 is 1.56 bits per heavy atom. The van der Waals surface area contributed by atoms with Gasteiger partial charge in [0.25, 0.3) is 0 Å². The lowest BCUT2D eigenvalue weighted by atomic mass is 10.2. The molecule has 0 radical (unpaired) electrons. The number of hydrogen-bond acceptors (Lipinski definition) is 0. The van der Waals surface area contributed by atoms with Crippen LogP contribution >= 0.6 is 32.9 Å². The number of rotatable bonds is 0. The van der Waals surface area contributed by atoms with Crippen molar-refractivity contribution in [3.05, 3.63) is 34.3 Å². The lowest BCUT2D eigenvalue weighted by Gasteiger charge is -1.88. The minimum atomic E-state index is 0. The first-order chi connectivity index (χ1) is 3.79. The van der Waals surface area contributed by atoms with Crippen LogP contribution in [-0.2, 0) is 0 Å². The van der Waals surface area contributed by atoms with Crippen molar-refractivity contribution >= 4 is 32.9 Å². The lowest BCUT2D eigenvalue weighted by Crippen LogP contribution is -1.66. The molecular formula is C7H8Br2. The molecule has 1 rings (SSSR count). The average molecular weight is 252 g/mol. The van der Waals surface area contributed by atoms with Crippen molar-refractivity contribution < 1.29 is 0 Å². The van der Waals surface area contributed by atoms with Crippen LogP contribution in [0.25, 0.3) is 0 Å². The highest BCUT2D eigenvalue weighted by Gasteiger charge is 1.81. The van der Waals surface area contributed by atoms with E-state index in [-0.39, 0.29) is 17.0 Å². The molecule has 0 heterocycles. The van der Waals surface area contributed by atoms with E-state index in [0.29, 0.717) is 0 Å². The second-order valence-electron chi connectivity index (χ2n) is 1.80. The molecule has 50 valence electrons. The zero-order chi connectivity index (χ0) is 5.98. The maximum atomic E-state index is 3.35. The van der Waals surface area contributed by atoms with Crippen LogP contribution < -0.4 is 0 Å². The highest BCUT2D eigenvalue weighted by Crippen LogP contribution is 2.08. The molecule has 0 aliphatic rings. The number of benzene rings is 1. The molecule has 0 unspecified atom stereocenters. The third kappa shape index (κ3) is 3.01. The van der Waals surface area contributed by atoms with Crippen molar-refractivity contribution in [3.63, 3.8) is 0 Å². The van der Waals surface area contributed by atoms with Gasteiger partial charge in [0.15, 0.2) is 0 Å². The molecule has 0 nitrogen and oxygen atoms in total. The van der Waals surface area contributed by atoms with Gasteiger partial charge in [0, 0.05) is 4.47 Å². The Bertz CT molecular complexity index is 146. The number of aryl methyl sites for hydroxylation is 1. The Kier molecular flexibility index (Phi) is 4.15. The number of hydrogen-bond donors (Lipinski definition) is 0. The molecule has 0 aromatic heterocycles. The molecule has 0 amide bonds. The summed E-state index contributed by atoms with van der Waals surface area (Å²) in [5.74, 6) is 0. The van der Waals surface area contributed by atoms with Crippen LogP contribution in [-0.4, -0.2) is 0 Å². The summed E-state index contributed by atoms with van der Waals surface area (Å²) < 4.78 is 1.14. The van der Waals surface area contributed by atoms with Crippen LogP contribution in [0.2, 0.25) is 0 Å². The highest BCUT2D eigenvalue weighted by molar-refractivity contribution is 9.10. The number of halogens is 2. The first kappa shape index (κ1) is 9.18. The van der Waals surface area contributed by atoms with Crippen LogP contribution in [0.3, 0.4) is 0 Å². The van der Waals surface area contributed by atoms with Gasteiger partial charge in [-0.3, -0.25) is 0 Å². The van der Waals surface area contributed by atoms with E-state index in [9.17, 15) is 0 Å². The minimum absolute atomic E-state index is 0. The molecule has 0 spiro atoms. The summed E-state index contributed by atoms with van der Waals surface area (Å²) in [5, 5.41) is 0. The van der Waals surface area contributed by atoms with E-state index in [1.54, 1.807) is 0 Å². The Morgan fingerprint density at radius 3 is 1.89 bits per heavy atom. The highest BCUT2D eigenvalue weighted by atomic mass is 79.9. The van der Waals surface area contributed by atoms with E-state index in [1.165, 1.54) is 5.56 Å². The Hall–Kier alpha value is 0.180. The third-order valence-electron chi connectivity index (χ3n) is 1.01. The van der Waals surface area contributed by atoms with Crippen LogP contribution in [0.15, 0.2) is 28.7 Å². The SMILES string of the molecule is Br.Cc1ccc(Br)cc1. The molecule has 1 aromatic rings. The second-order valence-corrected chi connectivity index (χ2v) is 2.71. The summed E-state index contributed by atoms with van der Waals surface area (Å²) >= 11 is 3.35. The van der Waals surface area contributed by atoms with Gasteiger partial charge in [-0.05, 0) is 19.1 Å². The second kappa shape index (κ2) is 4.07. The van der Waals surface area contributed by atoms with Gasteiger partial charge in [-0.25, -0.2) is 0 Å². The summed E-state index contributed by atoms with van der Waals surface area (Å²) in [6.07, 6.45) is 0. The van der Waals surface area contributed by atoms with Crippen LogP contribution in [0.1, 0.15) is 5.56 Å². The molecule has 2 heteroatoms. The smallest absolute Gasteiger partial charge is 0.0175 e. The van der Waals surface area contributed by atoms with Crippen molar-refractivity contribution in [2.45, 2.75) is 6.92 Å². The van der Waals surface area contributed by atoms with Crippen LogP contribution in [0.4, 0.5) is 0 Å². The van der Waals surface area contributed by atoms with Crippen molar-refractivity contribution in [2.75, 3.05) is 0 Å². The summed E-state index contributed by atoms with van der Waals surface area (Å²) in [5.41, 5.74) is 1.30. The van der Waals surface area contributed by atoms with Gasteiger partial charge in [-0.2, -0.15) is 0 Å². The average Bonchev–Trinajstić information content (AvgIpc) is 1.77. The molecule has 0 fully saturated rings. The molecular weight excluding hydrogens is 244 g/mol. The van der Waals surface area contributed by atoms with Crippen LogP contribution in [0.5, 0.6) is 0 Å². The van der Waals surface area contributed by atoms with E-state index in [4.69, 9.17) is 0 Å². The predicted octanol–water partition coefficient (Wildman–Crippen LogP) is 3.34. The van der Waals surface area contributed by atoms with E-state index < -0.39 is 0 Å². The standard InChI is InChI=1S/C7H7Br.BrH/c1-6-2-4-7(8)5-3-6;/h2-5H,1H3;1H. The molecule has 0 atom stereocenters. The third-order valence-corrected chi connectivity index (χ3v) is 1.54. The fourth-order valence-electron chi connectivity index (χ4n) is 0.533. The topological polar surface area (TPSA) is 0 Å². The van der Waals surface area contributed by atoms with Crippen molar-refractivity contribution in [2.24, 2.45) is 0 Å². The first-order valence-corrected chi connectivity index (χ1v) is 3.30. The van der Waals surface area contributed by atoms with Gasteiger partial charge in [0.1, 0.15) is 0 Å². The summed E-state index contributed by atoms with van der Waals surface area (Å²) in [6, 6.07) is 8.22. The van der Waals surface area contributed by atoms with E-state index in [0.717, 1.165) is 4.47 Å². The molecule has 9 heavy (non-hydrogen) atoms. The summed E-state index contributed by atoms with van der Waals surface area (Å²) in [6.45, 7) is 2.08. The van der Waals surface area contributed by atoms with Gasteiger partial charge in [-0.15, -0.1) is 17.0 Å². The van der Waals surface area contributed by atoms with Gasteiger partial charge in [0.2, 0.25) is 0 Å². The molecule has 0 saturated carbocycles. The van der Waals surface area contributed by atoms with Crippen molar-refractivity contribution in [3.8, 4) is 0 Å². The molecule has 0 aliphatic carbocycles. The molecule has 0 bridgehead atoms. The Balaban J connectivity index is 0.000000640. The molecule has 0 saturated heterocycles. The monoisotopic (exact) mass is 250 g/mol. The van der Waals surface area contributed by atoms with Crippen molar-refractivity contribution in [1.29, 1.82) is 0 Å². The first-order valence-electron chi connectivity index (χ1n) is 2.51. The predicted molar refractivity (Wildman–Crippen MR) is 49.2 cm³/mol. The molecule has 0 aliphatic heterocycles. The van der Waals surface area contributed by atoms with Gasteiger partial charge < -0.3 is 0 Å². The van der Waals surface area contributed by atoms with Crippen LogP contribution in [0, 0.1) is 6.92 Å². The fourth-order valence-corrected chi connectivity index (χ4v) is 0.798. The van der Waals surface area contributed by atoms with E-state index in [1.807, 2.05) is 12.1 Å². The fraction of sp³-hybridized carbons (Fsp3) is 0.143. The summed E-state index contributed by atoms with van der Waals surface area (Å²) in [7, 11) is 0. The Morgan fingerprint density at radius 1 is 1.11 bits per heavy atom. The maximum absolute atomic E-state index is 3.35. The van der Waals surface area contributed by atoms with E-state index >= 15 is 0 Å². The zero-order valence-corrected chi connectivity index (χ0v) is 8.39. The molecule has 0 N–H and O–H groups in total. The zero-order valence-electron chi connectivity index (χ0n) is 5.10. The summed E-state index contributed by atoms with van der Waals surface area (Å²) in [4.78, 5) is 0. The maximum Gasteiger partial charge on any atom is 0.0175 e.